The van der Waals surface area contributed by atoms with Gasteiger partial charge in [0.2, 0.25) is 0 Å². The van der Waals surface area contributed by atoms with Crippen molar-refractivity contribution in [3.05, 3.63) is 60.0 Å². The Hall–Kier alpha value is -1.42. The highest BCUT2D eigenvalue weighted by atomic mass is 79.9. The van der Waals surface area contributed by atoms with Gasteiger partial charge in [-0.3, -0.25) is 3.93 Å². The monoisotopic (exact) mass is 280 g/mol. The third-order valence-corrected chi connectivity index (χ3v) is 2.72. The Labute approximate surface area is 102 Å². The maximum Gasteiger partial charge on any atom is 0.138 e. The van der Waals surface area contributed by atoms with Crippen molar-refractivity contribution < 1.29 is 4.39 Å². The van der Waals surface area contributed by atoms with Crippen molar-refractivity contribution >= 4 is 22.0 Å². The Morgan fingerprint density at radius 3 is 2.75 bits per heavy atom. The molecule has 2 aromatic rings. The van der Waals surface area contributed by atoms with Gasteiger partial charge in [0.25, 0.3) is 0 Å². The van der Waals surface area contributed by atoms with Crippen LogP contribution in [0, 0.1) is 5.82 Å². The molecule has 0 aliphatic rings. The summed E-state index contributed by atoms with van der Waals surface area (Å²) in [5.74, 6) is 0.575. The minimum Gasteiger partial charge on any atom is -0.289 e. The third-order valence-electron chi connectivity index (χ3n) is 2.11. The smallest absolute Gasteiger partial charge is 0.138 e. The van der Waals surface area contributed by atoms with E-state index < -0.39 is 0 Å². The second-order valence-electron chi connectivity index (χ2n) is 3.34. The van der Waals surface area contributed by atoms with Crippen LogP contribution in [0.1, 0.15) is 5.56 Å². The molecule has 1 aromatic heterocycles. The van der Waals surface area contributed by atoms with Crippen molar-refractivity contribution in [2.75, 3.05) is 3.93 Å². The number of halogens is 2. The maximum atomic E-state index is 13.0. The number of hydrogen-bond acceptors (Lipinski definition) is 2. The average Bonchev–Trinajstić information content (AvgIpc) is 2.30. The molecule has 0 saturated carbocycles. The standard InChI is InChI=1S/C12H10BrFN2/c13-16(12-6-1-2-7-15-12)9-10-4-3-5-11(14)8-10/h1-8H,9H2. The van der Waals surface area contributed by atoms with E-state index in [1.165, 1.54) is 12.1 Å². The van der Waals surface area contributed by atoms with Crippen LogP contribution in [0.3, 0.4) is 0 Å². The molecule has 0 radical (unpaired) electrons. The van der Waals surface area contributed by atoms with Gasteiger partial charge in [0.15, 0.2) is 0 Å². The zero-order valence-corrected chi connectivity index (χ0v) is 10.1. The van der Waals surface area contributed by atoms with E-state index >= 15 is 0 Å². The fourth-order valence-electron chi connectivity index (χ4n) is 1.37. The van der Waals surface area contributed by atoms with Gasteiger partial charge in [-0.2, -0.15) is 0 Å². The first kappa shape index (κ1) is 11.1. The van der Waals surface area contributed by atoms with Gasteiger partial charge in [-0.1, -0.05) is 18.2 Å². The molecule has 0 aliphatic carbocycles. The number of pyridine rings is 1. The molecule has 0 aliphatic heterocycles. The number of hydrogen-bond donors (Lipinski definition) is 0. The van der Waals surface area contributed by atoms with E-state index in [1.54, 1.807) is 16.2 Å². The summed E-state index contributed by atoms with van der Waals surface area (Å²) in [6.45, 7) is 0.564. The predicted molar refractivity (Wildman–Crippen MR) is 65.7 cm³/mol. The molecule has 0 saturated heterocycles. The summed E-state index contributed by atoms with van der Waals surface area (Å²) in [6.07, 6.45) is 1.72. The van der Waals surface area contributed by atoms with Crippen LogP contribution in [0.4, 0.5) is 10.2 Å². The van der Waals surface area contributed by atoms with Crippen molar-refractivity contribution in [3.63, 3.8) is 0 Å². The fraction of sp³-hybridized carbons (Fsp3) is 0.0833. The van der Waals surface area contributed by atoms with Crippen LogP contribution >= 0.6 is 16.1 Å². The van der Waals surface area contributed by atoms with Gasteiger partial charge in [-0.25, -0.2) is 9.37 Å². The zero-order chi connectivity index (χ0) is 11.4. The Bertz CT molecular complexity index is 462. The largest absolute Gasteiger partial charge is 0.289 e. The van der Waals surface area contributed by atoms with Gasteiger partial charge in [-0.15, -0.1) is 0 Å². The summed E-state index contributed by atoms with van der Waals surface area (Å²) in [7, 11) is 0. The van der Waals surface area contributed by atoms with Crippen LogP contribution in [0.5, 0.6) is 0 Å². The highest BCUT2D eigenvalue weighted by Gasteiger charge is 2.04. The van der Waals surface area contributed by atoms with Gasteiger partial charge in [0, 0.05) is 6.20 Å². The third kappa shape index (κ3) is 2.79. The van der Waals surface area contributed by atoms with Crippen molar-refractivity contribution in [2.45, 2.75) is 6.54 Å². The average molecular weight is 281 g/mol. The molecule has 16 heavy (non-hydrogen) atoms. The van der Waals surface area contributed by atoms with E-state index in [1.807, 2.05) is 24.3 Å². The first-order valence-corrected chi connectivity index (χ1v) is 5.55. The van der Waals surface area contributed by atoms with Crippen molar-refractivity contribution in [1.82, 2.24) is 4.98 Å². The molecule has 4 heteroatoms. The second-order valence-corrected chi connectivity index (χ2v) is 4.19. The highest BCUT2D eigenvalue weighted by molar-refractivity contribution is 9.10. The predicted octanol–water partition coefficient (Wildman–Crippen LogP) is 3.54. The van der Waals surface area contributed by atoms with E-state index in [0.29, 0.717) is 6.54 Å². The van der Waals surface area contributed by atoms with E-state index in [2.05, 4.69) is 21.1 Å². The molecule has 82 valence electrons. The summed E-state index contributed by atoms with van der Waals surface area (Å²) < 4.78 is 14.8. The zero-order valence-electron chi connectivity index (χ0n) is 8.48. The van der Waals surface area contributed by atoms with E-state index in [4.69, 9.17) is 0 Å². The van der Waals surface area contributed by atoms with E-state index in [9.17, 15) is 4.39 Å². The topological polar surface area (TPSA) is 16.1 Å². The molecular formula is C12H10BrFN2. The summed E-state index contributed by atoms with van der Waals surface area (Å²) in [5.41, 5.74) is 0.891. The molecule has 2 nitrogen and oxygen atoms in total. The lowest BCUT2D eigenvalue weighted by Gasteiger charge is -2.14. The van der Waals surface area contributed by atoms with Gasteiger partial charge in [0.1, 0.15) is 11.6 Å². The van der Waals surface area contributed by atoms with Crippen molar-refractivity contribution in [1.29, 1.82) is 0 Å². The fourth-order valence-corrected chi connectivity index (χ4v) is 1.87. The van der Waals surface area contributed by atoms with Crippen LogP contribution in [-0.4, -0.2) is 4.98 Å². The number of rotatable bonds is 3. The summed E-state index contributed by atoms with van der Waals surface area (Å²) in [4.78, 5) is 4.18. The Morgan fingerprint density at radius 1 is 1.19 bits per heavy atom. The lowest BCUT2D eigenvalue weighted by atomic mass is 10.2. The number of anilines is 1. The molecule has 0 atom stereocenters. The van der Waals surface area contributed by atoms with Gasteiger partial charge < -0.3 is 0 Å². The maximum absolute atomic E-state index is 13.0. The molecule has 0 fully saturated rings. The molecule has 0 N–H and O–H groups in total. The Balaban J connectivity index is 2.11. The minimum absolute atomic E-state index is 0.223. The van der Waals surface area contributed by atoms with E-state index in [-0.39, 0.29) is 5.82 Å². The summed E-state index contributed by atoms with van der Waals surface area (Å²) >= 11 is 3.40. The van der Waals surface area contributed by atoms with Gasteiger partial charge in [0.05, 0.1) is 22.7 Å². The van der Waals surface area contributed by atoms with Crippen LogP contribution in [0.15, 0.2) is 48.7 Å². The van der Waals surface area contributed by atoms with Gasteiger partial charge >= 0.3 is 0 Å². The quantitative estimate of drug-likeness (QED) is 0.800. The number of aromatic nitrogens is 1. The molecule has 0 bridgehead atoms. The van der Waals surface area contributed by atoms with E-state index in [0.717, 1.165) is 11.4 Å². The molecular weight excluding hydrogens is 271 g/mol. The second kappa shape index (κ2) is 5.07. The molecule has 0 spiro atoms. The van der Waals surface area contributed by atoms with Crippen molar-refractivity contribution in [2.24, 2.45) is 0 Å². The highest BCUT2D eigenvalue weighted by Crippen LogP contribution is 2.17. The number of benzene rings is 1. The SMILES string of the molecule is Fc1cccc(CN(Br)c2ccccn2)c1. The van der Waals surface area contributed by atoms with Crippen molar-refractivity contribution in [3.8, 4) is 0 Å². The van der Waals surface area contributed by atoms with Crippen LogP contribution in [0.2, 0.25) is 0 Å². The minimum atomic E-state index is -0.223. The molecule has 2 rings (SSSR count). The van der Waals surface area contributed by atoms with Crippen LogP contribution in [-0.2, 0) is 6.54 Å². The Morgan fingerprint density at radius 2 is 2.06 bits per heavy atom. The first-order chi connectivity index (χ1) is 7.75. The molecule has 1 heterocycles. The number of nitrogens with zero attached hydrogens (tertiary/aromatic N) is 2. The first-order valence-electron chi connectivity index (χ1n) is 4.84. The lowest BCUT2D eigenvalue weighted by molar-refractivity contribution is 0.625. The molecule has 0 amide bonds. The Kier molecular flexibility index (Phi) is 3.51. The normalized spacial score (nSPS) is 10.1. The molecule has 0 unspecified atom stereocenters. The lowest BCUT2D eigenvalue weighted by Crippen LogP contribution is -2.10. The van der Waals surface area contributed by atoms with Gasteiger partial charge in [-0.05, 0) is 29.8 Å². The molecule has 1 aromatic carbocycles. The summed E-state index contributed by atoms with van der Waals surface area (Å²) in [5, 5.41) is 0. The van der Waals surface area contributed by atoms with Crippen LogP contribution in [0.25, 0.3) is 0 Å². The van der Waals surface area contributed by atoms with Crippen LogP contribution < -0.4 is 3.93 Å². The summed E-state index contributed by atoms with van der Waals surface area (Å²) in [6, 6.07) is 12.2.